The van der Waals surface area contributed by atoms with Gasteiger partial charge in [-0.1, -0.05) is 26.0 Å². The Morgan fingerprint density at radius 3 is 2.73 bits per heavy atom. The minimum Gasteiger partial charge on any atom is -0.343 e. The summed E-state index contributed by atoms with van der Waals surface area (Å²) < 4.78 is 0. The van der Waals surface area contributed by atoms with Crippen molar-refractivity contribution in [3.8, 4) is 0 Å². The van der Waals surface area contributed by atoms with E-state index in [9.17, 15) is 9.59 Å². The lowest BCUT2D eigenvalue weighted by Crippen LogP contribution is -2.30. The molecule has 6 nitrogen and oxygen atoms in total. The number of fused-ring (bicyclic) bond motifs is 1. The first-order valence-corrected chi connectivity index (χ1v) is 11.3. The zero-order valence-corrected chi connectivity index (χ0v) is 18.1. The van der Waals surface area contributed by atoms with Crippen LogP contribution in [-0.2, 0) is 0 Å². The summed E-state index contributed by atoms with van der Waals surface area (Å²) in [4.78, 5) is 36.6. The van der Waals surface area contributed by atoms with Crippen LogP contribution < -0.4 is 5.32 Å². The van der Waals surface area contributed by atoms with Gasteiger partial charge in [-0.2, -0.15) is 0 Å². The van der Waals surface area contributed by atoms with Gasteiger partial charge >= 0.3 is 0 Å². The number of aromatic nitrogens is 2. The molecule has 2 aromatic heterocycles. The minimum absolute atomic E-state index is 0.00949. The van der Waals surface area contributed by atoms with Gasteiger partial charge in [0.2, 0.25) is 0 Å². The van der Waals surface area contributed by atoms with Gasteiger partial charge in [0.05, 0.1) is 11.6 Å². The van der Waals surface area contributed by atoms with Crippen LogP contribution in [0.4, 0.5) is 0 Å². The van der Waals surface area contributed by atoms with E-state index in [-0.39, 0.29) is 17.9 Å². The normalized spacial score (nSPS) is 15.0. The smallest absolute Gasteiger partial charge is 0.273 e. The molecule has 0 radical (unpaired) electrons. The molecule has 3 aromatic rings. The number of thiazole rings is 1. The molecule has 1 saturated heterocycles. The van der Waals surface area contributed by atoms with Crippen molar-refractivity contribution in [1.29, 1.82) is 0 Å². The highest BCUT2D eigenvalue weighted by Gasteiger charge is 2.25. The average molecular weight is 423 g/mol. The quantitative estimate of drug-likeness (QED) is 0.637. The molecule has 1 fully saturated rings. The van der Waals surface area contributed by atoms with Gasteiger partial charge in [-0.3, -0.25) is 14.6 Å². The monoisotopic (exact) mass is 422 g/mol. The van der Waals surface area contributed by atoms with E-state index in [4.69, 9.17) is 0 Å². The summed E-state index contributed by atoms with van der Waals surface area (Å²) in [5.74, 6) is 0.206. The molecule has 0 unspecified atom stereocenters. The van der Waals surface area contributed by atoms with E-state index < -0.39 is 0 Å². The minimum atomic E-state index is -0.241. The maximum Gasteiger partial charge on any atom is 0.273 e. The maximum absolute atomic E-state index is 13.1. The van der Waals surface area contributed by atoms with E-state index in [0.29, 0.717) is 17.2 Å². The Morgan fingerprint density at radius 1 is 1.17 bits per heavy atom. The topological polar surface area (TPSA) is 75.2 Å². The van der Waals surface area contributed by atoms with Gasteiger partial charge in [-0.05, 0) is 43.4 Å². The van der Waals surface area contributed by atoms with Crippen LogP contribution in [0.2, 0.25) is 0 Å². The first-order valence-electron chi connectivity index (χ1n) is 10.4. The van der Waals surface area contributed by atoms with E-state index in [1.54, 1.807) is 6.20 Å². The van der Waals surface area contributed by atoms with Crippen molar-refractivity contribution < 1.29 is 9.59 Å². The summed E-state index contributed by atoms with van der Waals surface area (Å²) in [6.07, 6.45) is 4.57. The van der Waals surface area contributed by atoms with E-state index in [2.05, 4.69) is 29.1 Å². The Hall–Kier alpha value is -2.80. The number of carbonyl (C=O) groups excluding carboxylic acids is 2. The van der Waals surface area contributed by atoms with E-state index in [1.807, 2.05) is 40.6 Å². The van der Waals surface area contributed by atoms with Crippen LogP contribution in [0.15, 0.2) is 41.9 Å². The van der Waals surface area contributed by atoms with Crippen molar-refractivity contribution >= 4 is 34.1 Å². The lowest BCUT2D eigenvalue weighted by atomic mass is 10.0. The Bertz CT molecular complexity index is 1050. The molecule has 0 saturated carbocycles. The fourth-order valence-corrected chi connectivity index (χ4v) is 4.71. The molecule has 1 atom stereocenters. The fraction of sp³-hybridized carbons (Fsp3) is 0.391. The maximum atomic E-state index is 13.1. The van der Waals surface area contributed by atoms with E-state index in [1.165, 1.54) is 11.3 Å². The second kappa shape index (κ2) is 8.92. The lowest BCUT2D eigenvalue weighted by molar-refractivity contribution is 0.0787. The molecule has 0 spiro atoms. The van der Waals surface area contributed by atoms with Crippen molar-refractivity contribution in [1.82, 2.24) is 20.2 Å². The number of likely N-dealkylation sites (tertiary alicyclic amines) is 1. The van der Waals surface area contributed by atoms with Gasteiger partial charge in [0.15, 0.2) is 0 Å². The zero-order chi connectivity index (χ0) is 21.1. The highest BCUT2D eigenvalue weighted by atomic mass is 32.1. The second-order valence-corrected chi connectivity index (χ2v) is 8.99. The second-order valence-electron chi connectivity index (χ2n) is 8.10. The molecule has 3 heterocycles. The van der Waals surface area contributed by atoms with Gasteiger partial charge in [-0.15, -0.1) is 11.3 Å². The van der Waals surface area contributed by atoms with Crippen LogP contribution >= 0.6 is 11.3 Å². The largest absolute Gasteiger partial charge is 0.343 e. The molecule has 0 aliphatic carbocycles. The van der Waals surface area contributed by atoms with Crippen molar-refractivity contribution in [2.24, 2.45) is 5.92 Å². The molecule has 156 valence electrons. The molecule has 4 rings (SSSR count). The molecule has 1 N–H and O–H groups in total. The van der Waals surface area contributed by atoms with E-state index in [0.717, 1.165) is 48.3 Å². The first-order chi connectivity index (χ1) is 14.5. The predicted molar refractivity (Wildman–Crippen MR) is 119 cm³/mol. The summed E-state index contributed by atoms with van der Waals surface area (Å²) in [5, 5.41) is 6.57. The van der Waals surface area contributed by atoms with Crippen LogP contribution in [0, 0.1) is 5.92 Å². The number of nitrogens with zero attached hydrogens (tertiary/aromatic N) is 3. The summed E-state index contributed by atoms with van der Waals surface area (Å²) in [6, 6.07) is 9.06. The molecular weight excluding hydrogens is 396 g/mol. The van der Waals surface area contributed by atoms with Crippen LogP contribution in [0.3, 0.4) is 0 Å². The molecule has 1 aliphatic heterocycles. The van der Waals surface area contributed by atoms with Gasteiger partial charge in [0.25, 0.3) is 11.8 Å². The Labute approximate surface area is 180 Å². The van der Waals surface area contributed by atoms with Crippen molar-refractivity contribution in [3.05, 3.63) is 58.2 Å². The third kappa shape index (κ3) is 4.36. The number of pyridine rings is 1. The highest BCUT2D eigenvalue weighted by Crippen LogP contribution is 2.27. The fourth-order valence-electron chi connectivity index (χ4n) is 3.86. The van der Waals surface area contributed by atoms with Gasteiger partial charge in [0.1, 0.15) is 10.7 Å². The average Bonchev–Trinajstić information content (AvgIpc) is 3.44. The number of carbonyl (C=O) groups is 2. The lowest BCUT2D eigenvalue weighted by Gasteiger charge is -2.19. The standard InChI is InChI=1S/C23H26N4O2S/c1-15(2)13-19(22-26-20(14-30-22)23(29)27-11-3-4-12-27)25-21(28)17-7-5-9-18-16(17)8-6-10-24-18/h5-10,14-15,19H,3-4,11-13H2,1-2H3,(H,25,28)/t19-/m1/s1. The van der Waals surface area contributed by atoms with Gasteiger partial charge < -0.3 is 10.2 Å². The van der Waals surface area contributed by atoms with Crippen molar-refractivity contribution in [2.45, 2.75) is 39.2 Å². The summed E-state index contributed by atoms with van der Waals surface area (Å²) in [6.45, 7) is 5.83. The van der Waals surface area contributed by atoms with Crippen LogP contribution in [0.25, 0.3) is 10.9 Å². The zero-order valence-electron chi connectivity index (χ0n) is 17.3. The SMILES string of the molecule is CC(C)C[C@@H](NC(=O)c1cccc2ncccc12)c1nc(C(=O)N2CCCC2)cs1. The number of benzene rings is 1. The third-order valence-electron chi connectivity index (χ3n) is 5.34. The van der Waals surface area contributed by atoms with Crippen LogP contribution in [-0.4, -0.2) is 39.8 Å². The molecule has 1 aliphatic rings. The number of amides is 2. The van der Waals surface area contributed by atoms with Crippen LogP contribution in [0.5, 0.6) is 0 Å². The first kappa shape index (κ1) is 20.5. The van der Waals surface area contributed by atoms with Gasteiger partial charge in [0, 0.05) is 35.6 Å². The molecule has 1 aromatic carbocycles. The number of rotatable bonds is 6. The number of hydrogen-bond acceptors (Lipinski definition) is 5. The summed E-state index contributed by atoms with van der Waals surface area (Å²) >= 11 is 1.44. The van der Waals surface area contributed by atoms with E-state index >= 15 is 0 Å². The van der Waals surface area contributed by atoms with Crippen LogP contribution in [0.1, 0.15) is 65.0 Å². The Kier molecular flexibility index (Phi) is 6.08. The molecule has 2 amide bonds. The molecular formula is C23H26N4O2S. The summed E-state index contributed by atoms with van der Waals surface area (Å²) in [5.41, 5.74) is 1.87. The molecule has 0 bridgehead atoms. The predicted octanol–water partition coefficient (Wildman–Crippen LogP) is 4.44. The molecule has 30 heavy (non-hydrogen) atoms. The Balaban J connectivity index is 1.57. The highest BCUT2D eigenvalue weighted by molar-refractivity contribution is 7.09. The number of nitrogens with one attached hydrogen (secondary N) is 1. The molecule has 7 heteroatoms. The van der Waals surface area contributed by atoms with Crippen molar-refractivity contribution in [3.63, 3.8) is 0 Å². The summed E-state index contributed by atoms with van der Waals surface area (Å²) in [7, 11) is 0. The van der Waals surface area contributed by atoms with Crippen molar-refractivity contribution in [2.75, 3.05) is 13.1 Å². The Morgan fingerprint density at radius 2 is 1.97 bits per heavy atom. The van der Waals surface area contributed by atoms with Gasteiger partial charge in [-0.25, -0.2) is 4.98 Å². The third-order valence-corrected chi connectivity index (χ3v) is 6.29. The number of hydrogen-bond donors (Lipinski definition) is 1.